The fraction of sp³-hybridized carbons (Fsp3) is 0.273. The van der Waals surface area contributed by atoms with Crippen molar-refractivity contribution in [3.63, 3.8) is 0 Å². The van der Waals surface area contributed by atoms with Crippen LogP contribution in [0.25, 0.3) is 0 Å². The van der Waals surface area contributed by atoms with Gasteiger partial charge in [0.15, 0.2) is 0 Å². The van der Waals surface area contributed by atoms with E-state index >= 15 is 0 Å². The summed E-state index contributed by atoms with van der Waals surface area (Å²) in [4.78, 5) is 0. The highest BCUT2D eigenvalue weighted by Crippen LogP contribution is 2.53. The van der Waals surface area contributed by atoms with Crippen molar-refractivity contribution in [2.24, 2.45) is 5.92 Å². The maximum atomic E-state index is 13.0. The van der Waals surface area contributed by atoms with E-state index in [1.54, 1.807) is 63.3 Å². The number of benzene rings is 2. The molecule has 1 aliphatic carbocycles. The molecule has 2 N–H and O–H groups in total. The lowest BCUT2D eigenvalue weighted by Gasteiger charge is -2.35. The van der Waals surface area contributed by atoms with E-state index in [1.165, 1.54) is 0 Å². The third-order valence-electron chi connectivity index (χ3n) is 5.81. The zero-order chi connectivity index (χ0) is 21.1. The highest BCUT2D eigenvalue weighted by Gasteiger charge is 2.59. The molecule has 148 valence electrons. The van der Waals surface area contributed by atoms with E-state index in [0.717, 1.165) is 0 Å². The third-order valence-corrected chi connectivity index (χ3v) is 7.43. The molecule has 3 unspecified atom stereocenters. The number of hydrogen-bond donors (Lipinski definition) is 2. The van der Waals surface area contributed by atoms with E-state index in [4.69, 9.17) is 12.0 Å². The summed E-state index contributed by atoms with van der Waals surface area (Å²) in [5, 5.41) is 19.5. The van der Waals surface area contributed by atoms with Gasteiger partial charge in [0.05, 0.1) is 0 Å². The summed E-state index contributed by atoms with van der Waals surface area (Å²) in [5.74, 6) is -0.426. The Kier molecular flexibility index (Phi) is 4.44. The minimum absolute atomic E-state index is 0.0431. The zero-order valence-corrected chi connectivity index (χ0v) is 17.2. The van der Waals surface area contributed by atoms with Gasteiger partial charge in [0.1, 0.15) is 30.2 Å². The quantitative estimate of drug-likeness (QED) is 0.590. The van der Waals surface area contributed by atoms with Crippen molar-refractivity contribution in [3.05, 3.63) is 76.4 Å². The van der Waals surface area contributed by atoms with Crippen LogP contribution in [-0.4, -0.2) is 31.7 Å². The van der Waals surface area contributed by atoms with Crippen LogP contribution in [0.3, 0.4) is 0 Å². The molecule has 1 saturated heterocycles. The van der Waals surface area contributed by atoms with Crippen LogP contribution in [0, 0.1) is 26.7 Å². The number of aryl methyl sites for hydroxylation is 3. The zero-order valence-electron chi connectivity index (χ0n) is 16.4. The van der Waals surface area contributed by atoms with Gasteiger partial charge >= 0.3 is 0 Å². The molecule has 0 spiro atoms. The van der Waals surface area contributed by atoms with Crippen molar-refractivity contribution >= 4 is 23.4 Å². The molecule has 7 heteroatoms. The fourth-order valence-electron chi connectivity index (χ4n) is 4.36. The number of phenols is 2. The summed E-state index contributed by atoms with van der Waals surface area (Å²) in [5.41, 5.74) is 1.65. The first-order chi connectivity index (χ1) is 13.6. The molecule has 0 aromatic heterocycles. The topological polar surface area (TPSA) is 83.8 Å². The van der Waals surface area contributed by atoms with Crippen LogP contribution in [0.5, 0.6) is 11.5 Å². The second kappa shape index (κ2) is 6.50. The lowest BCUT2D eigenvalue weighted by Crippen LogP contribution is -2.37. The molecule has 1 fully saturated rings. The molecule has 1 aliphatic heterocycles. The third kappa shape index (κ3) is 2.83. The molecule has 2 aromatic carbocycles. The maximum Gasteiger partial charge on any atom is 0.275 e. The normalized spacial score (nSPS) is 27.1. The molecule has 0 amide bonds. The van der Waals surface area contributed by atoms with Crippen LogP contribution in [0.15, 0.2) is 48.6 Å². The van der Waals surface area contributed by atoms with Crippen molar-refractivity contribution < 1.29 is 22.8 Å². The molecule has 2 radical (unpaired) electrons. The molecular weight excluding hydrogens is 387 g/mol. The SMILES string of the molecule is [B]c1cc(C2(c3cc(C)c(O)c(C)c3)OS(=O)(=O)C3C=CC=CC32)cc(C)c1O. The molecule has 3 atom stereocenters. The molecule has 29 heavy (non-hydrogen) atoms. The molecule has 5 nitrogen and oxygen atoms in total. The van der Waals surface area contributed by atoms with Crippen molar-refractivity contribution in [1.29, 1.82) is 0 Å². The van der Waals surface area contributed by atoms with Gasteiger partial charge in [-0.05, 0) is 66.8 Å². The number of rotatable bonds is 2. The van der Waals surface area contributed by atoms with Crippen molar-refractivity contribution in [2.75, 3.05) is 0 Å². The molecule has 0 saturated carbocycles. The summed E-state index contributed by atoms with van der Waals surface area (Å²) < 4.78 is 31.9. The second-order valence-corrected chi connectivity index (χ2v) is 9.46. The standard InChI is InChI=1S/C22H21BO5S/c1-12-8-15(9-13(2)20(12)24)22(16-10-14(3)21(25)18(23)11-16)17-6-4-5-7-19(17)29(26,27)28-22/h4-11,17,19,24-25H,1-3H3. The minimum atomic E-state index is -3.93. The second-order valence-electron chi connectivity index (χ2n) is 7.76. The van der Waals surface area contributed by atoms with Crippen LogP contribution in [0.1, 0.15) is 27.8 Å². The lowest BCUT2D eigenvalue weighted by atomic mass is 9.71. The highest BCUT2D eigenvalue weighted by molar-refractivity contribution is 7.87. The largest absolute Gasteiger partial charge is 0.508 e. The summed E-state index contributed by atoms with van der Waals surface area (Å²) in [7, 11) is 2.09. The lowest BCUT2D eigenvalue weighted by molar-refractivity contribution is 0.110. The first kappa shape index (κ1) is 19.8. The Morgan fingerprint density at radius 3 is 2.00 bits per heavy atom. The Balaban J connectivity index is 2.09. The Hall–Kier alpha value is -2.51. The summed E-state index contributed by atoms with van der Waals surface area (Å²) in [6.45, 7) is 5.22. The van der Waals surface area contributed by atoms with E-state index in [-0.39, 0.29) is 17.0 Å². The van der Waals surface area contributed by atoms with Gasteiger partial charge in [-0.25, -0.2) is 0 Å². The predicted octanol–water partition coefficient (Wildman–Crippen LogP) is 2.53. The Morgan fingerprint density at radius 1 is 0.897 bits per heavy atom. The van der Waals surface area contributed by atoms with Gasteiger partial charge in [-0.1, -0.05) is 35.8 Å². The predicted molar refractivity (Wildman–Crippen MR) is 112 cm³/mol. The minimum Gasteiger partial charge on any atom is -0.508 e. The van der Waals surface area contributed by atoms with E-state index < -0.39 is 26.9 Å². The average Bonchev–Trinajstić information content (AvgIpc) is 2.92. The van der Waals surface area contributed by atoms with Crippen LogP contribution in [0.4, 0.5) is 0 Å². The van der Waals surface area contributed by atoms with Gasteiger partial charge < -0.3 is 10.2 Å². The highest BCUT2D eigenvalue weighted by atomic mass is 32.2. The summed E-state index contributed by atoms with van der Waals surface area (Å²) in [6.07, 6.45) is 6.95. The number of allylic oxidation sites excluding steroid dienone is 2. The van der Waals surface area contributed by atoms with E-state index in [0.29, 0.717) is 27.8 Å². The smallest absolute Gasteiger partial charge is 0.275 e. The number of fused-ring (bicyclic) bond motifs is 1. The molecular formula is C22H21BO5S. The van der Waals surface area contributed by atoms with E-state index in [2.05, 4.69) is 0 Å². The summed E-state index contributed by atoms with van der Waals surface area (Å²) in [6, 6.07) is 6.74. The Bertz CT molecular complexity index is 1080. The van der Waals surface area contributed by atoms with Gasteiger partial charge in [-0.3, -0.25) is 4.18 Å². The van der Waals surface area contributed by atoms with Gasteiger partial charge in [0, 0.05) is 5.92 Å². The Morgan fingerprint density at radius 2 is 1.41 bits per heavy atom. The molecule has 1 heterocycles. The van der Waals surface area contributed by atoms with Crippen molar-refractivity contribution in [3.8, 4) is 11.5 Å². The van der Waals surface area contributed by atoms with Crippen molar-refractivity contribution in [1.82, 2.24) is 0 Å². The number of phenolic OH excluding ortho intramolecular Hbond substituents is 2. The van der Waals surface area contributed by atoms with E-state index in [1.807, 2.05) is 6.08 Å². The fourth-order valence-corrected chi connectivity index (χ4v) is 6.07. The summed E-state index contributed by atoms with van der Waals surface area (Å²) >= 11 is 0. The average molecular weight is 408 g/mol. The van der Waals surface area contributed by atoms with Crippen LogP contribution < -0.4 is 5.46 Å². The monoisotopic (exact) mass is 408 g/mol. The van der Waals surface area contributed by atoms with Gasteiger partial charge in [-0.15, -0.1) is 0 Å². The van der Waals surface area contributed by atoms with Gasteiger partial charge in [-0.2, -0.15) is 8.42 Å². The van der Waals surface area contributed by atoms with E-state index in [9.17, 15) is 18.6 Å². The van der Waals surface area contributed by atoms with Gasteiger partial charge in [0.25, 0.3) is 10.1 Å². The molecule has 4 rings (SSSR count). The van der Waals surface area contributed by atoms with Crippen LogP contribution in [0.2, 0.25) is 0 Å². The van der Waals surface area contributed by atoms with Gasteiger partial charge in [0.2, 0.25) is 0 Å². The number of hydrogen-bond acceptors (Lipinski definition) is 5. The van der Waals surface area contributed by atoms with Crippen LogP contribution >= 0.6 is 0 Å². The van der Waals surface area contributed by atoms with Crippen molar-refractivity contribution in [2.45, 2.75) is 31.6 Å². The molecule has 0 bridgehead atoms. The Labute approximate surface area is 171 Å². The molecule has 2 aromatic rings. The number of aromatic hydroxyl groups is 2. The first-order valence-corrected chi connectivity index (χ1v) is 10.7. The first-order valence-electron chi connectivity index (χ1n) is 9.27. The maximum absolute atomic E-state index is 13.0. The van der Waals surface area contributed by atoms with Crippen LogP contribution in [-0.2, 0) is 19.9 Å². The molecule has 2 aliphatic rings.